The molecule has 0 amide bonds. The van der Waals surface area contributed by atoms with Crippen LogP contribution in [0.25, 0.3) is 0 Å². The molecule has 0 unspecified atom stereocenters. The van der Waals surface area contributed by atoms with E-state index in [0.717, 1.165) is 49.8 Å². The van der Waals surface area contributed by atoms with Gasteiger partial charge in [0.2, 0.25) is 0 Å². The second kappa shape index (κ2) is 7.35. The molecule has 1 aliphatic rings. The summed E-state index contributed by atoms with van der Waals surface area (Å²) in [7, 11) is 0. The molecule has 8 heteroatoms. The predicted molar refractivity (Wildman–Crippen MR) is 88.4 cm³/mol. The number of nitrogens with zero attached hydrogens (tertiary/aromatic N) is 5. The third-order valence-electron chi connectivity index (χ3n) is 4.27. The second-order valence-electron chi connectivity index (χ2n) is 6.11. The van der Waals surface area contributed by atoms with Gasteiger partial charge in [0.1, 0.15) is 17.8 Å². The number of pyridine rings is 1. The average Bonchev–Trinajstić information content (AvgIpc) is 2.60. The van der Waals surface area contributed by atoms with E-state index in [9.17, 15) is 13.2 Å². The molecule has 3 heterocycles. The molecule has 0 spiro atoms. The number of aryl methyl sites for hydroxylation is 1. The van der Waals surface area contributed by atoms with Gasteiger partial charge in [0, 0.05) is 56.6 Å². The largest absolute Gasteiger partial charge is 0.433 e. The van der Waals surface area contributed by atoms with E-state index in [1.807, 2.05) is 30.0 Å². The van der Waals surface area contributed by atoms with Crippen molar-refractivity contribution in [3.63, 3.8) is 0 Å². The maximum absolute atomic E-state index is 12.8. The summed E-state index contributed by atoms with van der Waals surface area (Å²) in [6, 6.07) is 7.01. The molecule has 0 aromatic carbocycles. The van der Waals surface area contributed by atoms with Crippen LogP contribution in [0.2, 0.25) is 0 Å². The molecule has 2 aromatic rings. The van der Waals surface area contributed by atoms with Gasteiger partial charge in [-0.05, 0) is 19.1 Å². The van der Waals surface area contributed by atoms with E-state index in [1.165, 1.54) is 0 Å². The lowest BCUT2D eigenvalue weighted by molar-refractivity contribution is -0.141. The van der Waals surface area contributed by atoms with E-state index in [0.29, 0.717) is 18.9 Å². The van der Waals surface area contributed by atoms with Gasteiger partial charge in [0.05, 0.1) is 0 Å². The number of hydrogen-bond donors (Lipinski definition) is 0. The molecule has 0 N–H and O–H groups in total. The first-order valence-electron chi connectivity index (χ1n) is 8.21. The van der Waals surface area contributed by atoms with Crippen molar-refractivity contribution in [1.82, 2.24) is 19.9 Å². The predicted octanol–water partition coefficient (Wildman–Crippen LogP) is 2.56. The summed E-state index contributed by atoms with van der Waals surface area (Å²) in [5, 5.41) is 0. The lowest BCUT2D eigenvalue weighted by Crippen LogP contribution is -2.47. The summed E-state index contributed by atoms with van der Waals surface area (Å²) >= 11 is 0. The van der Waals surface area contributed by atoms with E-state index in [2.05, 4.69) is 19.9 Å². The topological polar surface area (TPSA) is 45.2 Å². The zero-order chi connectivity index (χ0) is 17.9. The third-order valence-corrected chi connectivity index (χ3v) is 4.27. The molecule has 1 fully saturated rings. The lowest BCUT2D eigenvalue weighted by atomic mass is 10.2. The zero-order valence-corrected chi connectivity index (χ0v) is 14.0. The fourth-order valence-corrected chi connectivity index (χ4v) is 2.89. The Morgan fingerprint density at radius 1 is 1.08 bits per heavy atom. The van der Waals surface area contributed by atoms with Crippen LogP contribution >= 0.6 is 0 Å². The van der Waals surface area contributed by atoms with Gasteiger partial charge in [0.25, 0.3) is 0 Å². The minimum atomic E-state index is -4.44. The number of piperazine rings is 1. The molecule has 134 valence electrons. The summed E-state index contributed by atoms with van der Waals surface area (Å²) in [5.74, 6) is 0.335. The molecule has 0 saturated carbocycles. The van der Waals surface area contributed by atoms with Gasteiger partial charge >= 0.3 is 6.18 Å². The highest BCUT2D eigenvalue weighted by Gasteiger charge is 2.33. The Hall–Kier alpha value is -2.22. The van der Waals surface area contributed by atoms with Crippen molar-refractivity contribution < 1.29 is 13.2 Å². The summed E-state index contributed by atoms with van der Waals surface area (Å²) in [6.45, 7) is 5.74. The fraction of sp³-hybridized carbons (Fsp3) is 0.471. The maximum atomic E-state index is 12.8. The Morgan fingerprint density at radius 3 is 2.52 bits per heavy atom. The van der Waals surface area contributed by atoms with Gasteiger partial charge in [-0.2, -0.15) is 13.2 Å². The van der Waals surface area contributed by atoms with Crippen LogP contribution in [-0.4, -0.2) is 52.6 Å². The van der Waals surface area contributed by atoms with Gasteiger partial charge < -0.3 is 4.90 Å². The smallest absolute Gasteiger partial charge is 0.354 e. The molecule has 1 aliphatic heterocycles. The van der Waals surface area contributed by atoms with Crippen LogP contribution in [0.3, 0.4) is 0 Å². The summed E-state index contributed by atoms with van der Waals surface area (Å²) in [6.07, 6.45) is -2.60. The van der Waals surface area contributed by atoms with Crippen LogP contribution < -0.4 is 4.90 Å². The third kappa shape index (κ3) is 4.66. The molecule has 1 saturated heterocycles. The van der Waals surface area contributed by atoms with E-state index in [-0.39, 0.29) is 0 Å². The van der Waals surface area contributed by atoms with Crippen molar-refractivity contribution in [2.45, 2.75) is 19.5 Å². The molecule has 0 radical (unpaired) electrons. The Labute approximate surface area is 144 Å². The van der Waals surface area contributed by atoms with Gasteiger partial charge in [-0.1, -0.05) is 6.07 Å². The van der Waals surface area contributed by atoms with Crippen LogP contribution in [0.5, 0.6) is 0 Å². The van der Waals surface area contributed by atoms with E-state index in [4.69, 9.17) is 0 Å². The summed E-state index contributed by atoms with van der Waals surface area (Å²) in [5.41, 5.74) is 1.17. The number of hydrogen-bond acceptors (Lipinski definition) is 5. The minimum absolute atomic E-state index is 0.335. The molecular formula is C17H20F3N5. The van der Waals surface area contributed by atoms with Crippen LogP contribution in [0.1, 0.15) is 17.1 Å². The standard InChI is InChI=1S/C17H20F3N5/c1-13-3-2-4-14(23-13)5-6-24-7-9-25(10-8-24)16-11-15(17(18,19)20)21-12-22-16/h2-4,11-12H,5-10H2,1H3. The number of anilines is 1. The normalized spacial score (nSPS) is 16.2. The number of halogens is 3. The van der Waals surface area contributed by atoms with Gasteiger partial charge in [0.15, 0.2) is 0 Å². The van der Waals surface area contributed by atoms with Gasteiger partial charge in [-0.25, -0.2) is 9.97 Å². The van der Waals surface area contributed by atoms with Crippen molar-refractivity contribution in [2.24, 2.45) is 0 Å². The molecule has 3 rings (SSSR count). The van der Waals surface area contributed by atoms with Crippen LogP contribution in [0.4, 0.5) is 19.0 Å². The molecule has 0 aliphatic carbocycles. The zero-order valence-electron chi connectivity index (χ0n) is 14.0. The SMILES string of the molecule is Cc1cccc(CCN2CCN(c3cc(C(F)(F)F)ncn3)CC2)n1. The van der Waals surface area contributed by atoms with Crippen molar-refractivity contribution in [2.75, 3.05) is 37.6 Å². The first-order chi connectivity index (χ1) is 11.9. The van der Waals surface area contributed by atoms with Crippen molar-refractivity contribution in [3.8, 4) is 0 Å². The Morgan fingerprint density at radius 2 is 1.84 bits per heavy atom. The van der Waals surface area contributed by atoms with E-state index >= 15 is 0 Å². The van der Waals surface area contributed by atoms with Gasteiger partial charge in [-0.3, -0.25) is 9.88 Å². The number of aromatic nitrogens is 3. The highest BCUT2D eigenvalue weighted by molar-refractivity contribution is 5.40. The van der Waals surface area contributed by atoms with Gasteiger partial charge in [-0.15, -0.1) is 0 Å². The average molecular weight is 351 g/mol. The van der Waals surface area contributed by atoms with Crippen molar-refractivity contribution in [3.05, 3.63) is 47.7 Å². The maximum Gasteiger partial charge on any atom is 0.433 e. The fourth-order valence-electron chi connectivity index (χ4n) is 2.89. The molecule has 0 bridgehead atoms. The molecule has 25 heavy (non-hydrogen) atoms. The van der Waals surface area contributed by atoms with Crippen LogP contribution in [0, 0.1) is 6.92 Å². The molecule has 0 atom stereocenters. The van der Waals surface area contributed by atoms with Crippen LogP contribution in [-0.2, 0) is 12.6 Å². The first-order valence-corrected chi connectivity index (χ1v) is 8.21. The Kier molecular flexibility index (Phi) is 5.17. The molecular weight excluding hydrogens is 331 g/mol. The summed E-state index contributed by atoms with van der Waals surface area (Å²) in [4.78, 5) is 16.0. The van der Waals surface area contributed by atoms with E-state index < -0.39 is 11.9 Å². The quantitative estimate of drug-likeness (QED) is 0.847. The van der Waals surface area contributed by atoms with Crippen molar-refractivity contribution in [1.29, 1.82) is 0 Å². The molecule has 5 nitrogen and oxygen atoms in total. The van der Waals surface area contributed by atoms with Crippen molar-refractivity contribution >= 4 is 5.82 Å². The number of rotatable bonds is 4. The lowest BCUT2D eigenvalue weighted by Gasteiger charge is -2.35. The monoisotopic (exact) mass is 351 g/mol. The Bertz CT molecular complexity index is 711. The highest BCUT2D eigenvalue weighted by atomic mass is 19.4. The summed E-state index contributed by atoms with van der Waals surface area (Å²) < 4.78 is 38.3. The first kappa shape index (κ1) is 17.6. The highest BCUT2D eigenvalue weighted by Crippen LogP contribution is 2.29. The molecule has 2 aromatic heterocycles. The number of alkyl halides is 3. The van der Waals surface area contributed by atoms with E-state index in [1.54, 1.807) is 0 Å². The Balaban J connectivity index is 1.53. The van der Waals surface area contributed by atoms with Crippen LogP contribution in [0.15, 0.2) is 30.6 Å². The second-order valence-corrected chi connectivity index (χ2v) is 6.11. The minimum Gasteiger partial charge on any atom is -0.354 e.